The number of hydrogen-bond acceptors (Lipinski definition) is 18. The minimum absolute atomic E-state index is 0.0152. The number of benzene rings is 6. The van der Waals surface area contributed by atoms with Crippen molar-refractivity contribution in [3.05, 3.63) is 205 Å². The van der Waals surface area contributed by atoms with E-state index in [1.807, 2.05) is 21.3 Å². The number of rotatable bonds is 42. The van der Waals surface area contributed by atoms with Gasteiger partial charge in [-0.05, 0) is 70.4 Å². The van der Waals surface area contributed by atoms with Crippen molar-refractivity contribution in [3.8, 4) is 23.0 Å². The van der Waals surface area contributed by atoms with Gasteiger partial charge in [-0.1, -0.05) is 32.6 Å². The van der Waals surface area contributed by atoms with E-state index in [0.29, 0.717) is 11.1 Å². The summed E-state index contributed by atoms with van der Waals surface area (Å²) in [6, 6.07) is 8.72. The molecule has 0 aromatic heterocycles. The molecule has 0 spiro atoms. The highest BCUT2D eigenvalue weighted by molar-refractivity contribution is 6.35. The molecule has 32 nitrogen and oxygen atoms in total. The Morgan fingerprint density at radius 3 is 0.718 bits per heavy atom. The molecule has 48 heteroatoms. The first-order valence-corrected chi connectivity index (χ1v) is 31.1. The van der Waals surface area contributed by atoms with E-state index in [1.54, 1.807) is 0 Å². The van der Waals surface area contributed by atoms with Gasteiger partial charge in [0.2, 0.25) is 0 Å². The van der Waals surface area contributed by atoms with Gasteiger partial charge in [0.25, 0.3) is 23.6 Å². The largest absolute Gasteiger partial charge is 0.487 e. The summed E-state index contributed by atoms with van der Waals surface area (Å²) in [7, 11) is 0. The van der Waals surface area contributed by atoms with Crippen molar-refractivity contribution in [3.63, 3.8) is 0 Å². The van der Waals surface area contributed by atoms with Gasteiger partial charge < -0.3 is 69.8 Å². The fourth-order valence-electron chi connectivity index (χ4n) is 9.04. The van der Waals surface area contributed by atoms with Gasteiger partial charge >= 0.3 is 11.8 Å². The van der Waals surface area contributed by atoms with Crippen molar-refractivity contribution in [2.75, 3.05) is 119 Å². The predicted octanol–water partition coefficient (Wildman–Crippen LogP) is 11.0. The highest BCUT2D eigenvalue weighted by Gasteiger charge is 2.33. The number of halogens is 16. The molecule has 0 atom stereocenters. The topological polar surface area (TPSA) is 443 Å². The van der Waals surface area contributed by atoms with Crippen molar-refractivity contribution in [1.82, 2.24) is 31.9 Å². The first-order chi connectivity index (χ1) is 52.7. The average molecular weight is 1580 g/mol. The van der Waals surface area contributed by atoms with Gasteiger partial charge in [0, 0.05) is 58.9 Å². The average Bonchev–Trinajstić information content (AvgIpc) is 0.800. The van der Waals surface area contributed by atoms with Crippen LogP contribution in [0.5, 0.6) is 23.0 Å². The Morgan fingerprint density at radius 1 is 0.282 bits per heavy atom. The molecule has 0 saturated heterocycles. The first-order valence-electron chi connectivity index (χ1n) is 31.1. The van der Waals surface area contributed by atoms with E-state index in [9.17, 15) is 99.0 Å². The number of ether oxygens (including phenoxy) is 8. The molecule has 0 aliphatic heterocycles. The normalized spacial score (nSPS) is 10.7. The van der Waals surface area contributed by atoms with E-state index in [0.717, 1.165) is 0 Å². The Balaban J connectivity index is 1.02. The van der Waals surface area contributed by atoms with Crippen LogP contribution in [0.1, 0.15) is 52.6 Å². The molecule has 0 fully saturated rings. The maximum Gasteiger partial charge on any atom is 0.309 e. The zero-order valence-corrected chi connectivity index (χ0v) is 55.7. The second-order valence-electron chi connectivity index (χ2n) is 21.1. The number of amides is 6. The van der Waals surface area contributed by atoms with Crippen LogP contribution >= 0.6 is 0 Å². The number of nitrogens with zero attached hydrogens (tertiary/aromatic N) is 12. The van der Waals surface area contributed by atoms with E-state index >= 15 is 0 Å². The summed E-state index contributed by atoms with van der Waals surface area (Å²) in [6.45, 7) is -5.84. The maximum absolute atomic E-state index is 14.5. The third kappa shape index (κ3) is 22.7. The molecule has 6 amide bonds. The van der Waals surface area contributed by atoms with E-state index in [4.69, 9.17) is 60.0 Å². The summed E-state index contributed by atoms with van der Waals surface area (Å²) in [6.07, 6.45) is 0.0514. The van der Waals surface area contributed by atoms with Crippen LogP contribution in [0, 0.1) is 93.1 Å². The zero-order valence-electron chi connectivity index (χ0n) is 55.7. The summed E-state index contributed by atoms with van der Waals surface area (Å²) >= 11 is 0. The molecular formula is C62H52F16N18O14. The van der Waals surface area contributed by atoms with Crippen molar-refractivity contribution >= 4 is 58.2 Å². The Kier molecular flexibility index (Phi) is 33.4. The van der Waals surface area contributed by atoms with E-state index < -0.39 is 200 Å². The molecule has 110 heavy (non-hydrogen) atoms. The molecule has 0 radical (unpaired) electrons. The summed E-state index contributed by atoms with van der Waals surface area (Å²) in [5, 5.41) is 23.0. The number of nitrogens with one attached hydrogen (secondary N) is 6. The Bertz CT molecular complexity index is 4270. The van der Waals surface area contributed by atoms with Crippen LogP contribution in [-0.4, -0.2) is 154 Å². The molecule has 0 bridgehead atoms. The van der Waals surface area contributed by atoms with Crippen LogP contribution in [0.2, 0.25) is 0 Å². The molecule has 0 aliphatic carbocycles. The summed E-state index contributed by atoms with van der Waals surface area (Å²) < 4.78 is 274. The second kappa shape index (κ2) is 42.6. The summed E-state index contributed by atoms with van der Waals surface area (Å²) in [5.74, 6) is -42.7. The molecule has 6 aromatic carbocycles. The van der Waals surface area contributed by atoms with Crippen molar-refractivity contribution in [2.24, 2.45) is 20.5 Å². The van der Waals surface area contributed by atoms with Gasteiger partial charge in [0.05, 0.1) is 52.9 Å². The molecule has 6 rings (SSSR count). The van der Waals surface area contributed by atoms with Gasteiger partial charge in [0.15, 0.2) is 116 Å². The zero-order chi connectivity index (χ0) is 80.7. The Labute approximate surface area is 605 Å². The maximum atomic E-state index is 14.5. The van der Waals surface area contributed by atoms with Crippen molar-refractivity contribution in [1.29, 1.82) is 0 Å². The second-order valence-corrected chi connectivity index (χ2v) is 21.1. The molecular weight excluding hydrogens is 1520 g/mol. The minimum Gasteiger partial charge on any atom is -0.487 e. The van der Waals surface area contributed by atoms with Crippen molar-refractivity contribution in [2.45, 2.75) is 12.8 Å². The first kappa shape index (κ1) is 86.2. The molecule has 6 N–H and O–H groups in total. The summed E-state index contributed by atoms with van der Waals surface area (Å²) in [4.78, 5) is 84.0. The van der Waals surface area contributed by atoms with Crippen molar-refractivity contribution < 1.29 is 137 Å². The standard InChI is InChI=1S/C62H52F16N18O14/c63-37-33(38(64)46(72)53(45(37)71)89-93-79)57(97)85-9-13-103-17-21-107-29-3-1-27(25-31(29)109-23-19-105-15-11-87-59(99)35-41(67)49(75)55(91-95-81)50(76)42(35)68)5-7-83-61(101)62(102)84-8-6-28-2-4-30(108-22-18-104-14-10-86-58(98)34-39(65)47(73)54(90-94-80)48(74)40(34)66)32(26-28)110-24-20-106-16-12-88-60(100)36-43(69)51(77)56(92-96-82)52(78)44(36)70/h1-4,25-26H,5-24H2,(H,83,101)(H,84,102)(H,85,97)(H,86,98)(H,87,99)(H,88,100). The molecule has 0 saturated carbocycles. The lowest BCUT2D eigenvalue weighted by molar-refractivity contribution is -0.139. The third-order valence-electron chi connectivity index (χ3n) is 14.1. The number of hydrogen-bond donors (Lipinski definition) is 6. The number of carbonyl (C=O) groups excluding carboxylic acids is 6. The van der Waals surface area contributed by atoms with Crippen LogP contribution in [-0.2, 0) is 41.4 Å². The van der Waals surface area contributed by atoms with Gasteiger partial charge in [-0.3, -0.25) is 28.8 Å². The minimum atomic E-state index is -2.15. The van der Waals surface area contributed by atoms with E-state index in [-0.39, 0.29) is 128 Å². The monoisotopic (exact) mass is 1580 g/mol. The lowest BCUT2D eigenvalue weighted by atomic mass is 10.1. The Hall–Kier alpha value is -12.7. The van der Waals surface area contributed by atoms with Crippen LogP contribution in [0.25, 0.3) is 41.8 Å². The number of carbonyl (C=O) groups is 6. The molecule has 0 heterocycles. The van der Waals surface area contributed by atoms with E-state index in [2.05, 4.69) is 50.7 Å². The lowest BCUT2D eigenvalue weighted by Crippen LogP contribution is -2.41. The van der Waals surface area contributed by atoms with Gasteiger partial charge in [-0.25, -0.2) is 70.2 Å². The number of azide groups is 4. The van der Waals surface area contributed by atoms with Gasteiger partial charge in [-0.2, -0.15) is 0 Å². The van der Waals surface area contributed by atoms with Gasteiger partial charge in [0.1, 0.15) is 71.4 Å². The smallest absolute Gasteiger partial charge is 0.309 e. The van der Waals surface area contributed by atoms with E-state index in [1.165, 1.54) is 36.4 Å². The molecule has 586 valence electrons. The SMILES string of the molecule is [N-]=[N+]=Nc1c(F)c(F)c(C(=O)NCCOCCOc2ccc(CCNC(=O)C(=O)NCCc3ccc(OCCOCCNC(=O)c4c(F)c(F)c(N=[N+]=[N-])c(F)c4F)c(OCCOCCNC(=O)c4c(F)c(F)c(N=[N+]=[N-])c(F)c4F)c3)cc2OCCOCCNC(=O)c2c(F)c(F)c(N=[N+]=[N-])c(F)c2F)c(F)c1F. The predicted molar refractivity (Wildman–Crippen MR) is 341 cm³/mol. The third-order valence-corrected chi connectivity index (χ3v) is 14.1. The summed E-state index contributed by atoms with van der Waals surface area (Å²) in [5.41, 5.74) is 21.5. The quantitative estimate of drug-likeness (QED) is 0.00395. The van der Waals surface area contributed by atoms with Crippen LogP contribution in [0.3, 0.4) is 0 Å². The molecule has 6 aromatic rings. The van der Waals surface area contributed by atoms with Gasteiger partial charge in [-0.15, -0.1) is 0 Å². The lowest BCUT2D eigenvalue weighted by Gasteiger charge is -2.15. The fraction of sp³-hybridized carbons (Fsp3) is 0.323. The molecule has 0 unspecified atom stereocenters. The van der Waals surface area contributed by atoms with Crippen LogP contribution in [0.4, 0.5) is 93.0 Å². The van der Waals surface area contributed by atoms with Crippen LogP contribution < -0.4 is 50.8 Å². The highest BCUT2D eigenvalue weighted by atomic mass is 19.2. The Morgan fingerprint density at radius 2 is 0.500 bits per heavy atom. The van der Waals surface area contributed by atoms with Crippen LogP contribution in [0.15, 0.2) is 56.9 Å². The highest BCUT2D eigenvalue weighted by Crippen LogP contribution is 2.36. The molecule has 0 aliphatic rings. The fourth-order valence-corrected chi connectivity index (χ4v) is 9.04.